The summed E-state index contributed by atoms with van der Waals surface area (Å²) in [6.45, 7) is 0. The Morgan fingerprint density at radius 2 is 1.03 bits per heavy atom. The van der Waals surface area contributed by atoms with Gasteiger partial charge in [0.25, 0.3) is 0 Å². The van der Waals surface area contributed by atoms with E-state index in [2.05, 4.69) is 22.4 Å². The number of carbonyl (C=O) groups is 2. The fourth-order valence-corrected chi connectivity index (χ4v) is 1.42. The van der Waals surface area contributed by atoms with Crippen LogP contribution in [-0.2, 0) is 19.2 Å². The van der Waals surface area contributed by atoms with Crippen LogP contribution in [0.4, 0.5) is 11.4 Å². The zero-order valence-electron chi connectivity index (χ0n) is 16.6. The second-order valence-corrected chi connectivity index (χ2v) is 3.90. The molecular weight excluding hydrogens is 440 g/mol. The first-order valence-corrected chi connectivity index (χ1v) is 6.24. The maximum Gasteiger partial charge on any atom is 1.00 e. The summed E-state index contributed by atoms with van der Waals surface area (Å²) in [4.78, 5) is 54.1. The molecule has 0 fully saturated rings. The van der Waals surface area contributed by atoms with Crippen molar-refractivity contribution in [3.05, 3.63) is 59.7 Å². The summed E-state index contributed by atoms with van der Waals surface area (Å²) in [6.07, 6.45) is 0.500. The summed E-state index contributed by atoms with van der Waals surface area (Å²) in [5, 5.41) is 29.2. The molecule has 0 saturated carbocycles. The topological polar surface area (TPSA) is 173 Å². The number of azo groups is 1. The van der Waals surface area contributed by atoms with Crippen molar-refractivity contribution < 1.29 is 157 Å². The summed E-state index contributed by atoms with van der Waals surface area (Å²) < 4.78 is 0. The Balaban J connectivity index is -0.000000187. The van der Waals surface area contributed by atoms with Gasteiger partial charge in [-0.05, 0) is 18.2 Å². The van der Waals surface area contributed by atoms with Crippen LogP contribution in [0.25, 0.3) is 0 Å². The zero-order valence-corrected chi connectivity index (χ0v) is 24.6. The third kappa shape index (κ3) is 18.5. The van der Waals surface area contributed by atoms with Gasteiger partial charge >= 0.3 is 131 Å². The van der Waals surface area contributed by atoms with Crippen LogP contribution in [0.5, 0.6) is 0 Å². The molecule has 2 aromatic carbocycles. The molecule has 0 atom stereocenters. The Kier molecular flexibility index (Phi) is 33.5. The molecule has 0 amide bonds. The maximum atomic E-state index is 10.8. The molecule has 0 radical (unpaired) electrons. The van der Waals surface area contributed by atoms with E-state index in [9.17, 15) is 19.8 Å². The van der Waals surface area contributed by atoms with E-state index >= 15 is 0 Å². The van der Waals surface area contributed by atoms with Gasteiger partial charge in [-0.2, -0.15) is 24.3 Å². The largest absolute Gasteiger partial charge is 1.00 e. The Morgan fingerprint density at radius 3 is 1.37 bits per heavy atom. The summed E-state index contributed by atoms with van der Waals surface area (Å²) in [5.74, 6) is -3.02. The molecule has 14 heteroatoms. The monoisotopic (exact) mass is 446 g/mol. The van der Waals surface area contributed by atoms with E-state index < -0.39 is 11.9 Å². The van der Waals surface area contributed by atoms with Crippen molar-refractivity contribution in [1.29, 1.82) is 0 Å². The molecule has 0 unspecified atom stereocenters. The van der Waals surface area contributed by atoms with Gasteiger partial charge in [0.1, 0.15) is 0 Å². The number of rotatable bonds is 4. The Hall–Kier alpha value is -0.260. The third-order valence-corrected chi connectivity index (χ3v) is 2.30. The van der Waals surface area contributed by atoms with E-state index in [1.54, 1.807) is 18.2 Å². The number of aromatic carboxylic acids is 2. The van der Waals surface area contributed by atoms with Crippen molar-refractivity contribution in [3.8, 4) is 0 Å². The molecule has 0 heterocycles. The standard InChI is InChI=1S/C14H8N2O4.2CO2.4Na/c17-13(18)9-6-10(14(19)20)8-12(7-9)16-15-11-4-2-1-3-5-11;2*2-1-3;;;;/h1,4-8H,(H,17,18)(H,19,20);;;;;;/q-2;;;4*+1/p-2. The van der Waals surface area contributed by atoms with Crippen molar-refractivity contribution in [3.63, 3.8) is 0 Å². The molecule has 30 heavy (non-hydrogen) atoms. The van der Waals surface area contributed by atoms with Gasteiger partial charge in [-0.15, -0.1) is 5.69 Å². The number of hydrogen-bond donors (Lipinski definition) is 0. The van der Waals surface area contributed by atoms with Gasteiger partial charge in [-0.1, -0.05) is 0 Å². The third-order valence-electron chi connectivity index (χ3n) is 2.30. The number of carboxylic acids is 2. The van der Waals surface area contributed by atoms with E-state index in [1.807, 2.05) is 0 Å². The van der Waals surface area contributed by atoms with Crippen LogP contribution >= 0.6 is 0 Å². The average molecular weight is 446 g/mol. The quantitative estimate of drug-likeness (QED) is 0.253. The van der Waals surface area contributed by atoms with Crippen molar-refractivity contribution in [2.24, 2.45) is 10.2 Å². The van der Waals surface area contributed by atoms with Crippen molar-refractivity contribution in [2.75, 3.05) is 0 Å². The molecule has 2 aromatic rings. The van der Waals surface area contributed by atoms with Crippen LogP contribution in [0, 0.1) is 12.1 Å². The number of carboxylic acid groups (broad SMARTS) is 2. The minimum atomic E-state index is -1.51. The molecule has 0 spiro atoms. The normalized spacial score (nSPS) is 7.60. The van der Waals surface area contributed by atoms with E-state index in [1.165, 1.54) is 0 Å². The Bertz CT molecular complexity index is 823. The Labute approximate surface area is 259 Å². The second kappa shape index (κ2) is 25.0. The summed E-state index contributed by atoms with van der Waals surface area (Å²) in [7, 11) is 0. The minimum absolute atomic E-state index is 0. The molecule has 0 aliphatic rings. The van der Waals surface area contributed by atoms with Gasteiger partial charge in [-0.25, -0.2) is 0 Å². The number of nitrogens with zero attached hydrogens (tertiary/aromatic N) is 2. The van der Waals surface area contributed by atoms with Gasteiger partial charge in [0.15, 0.2) is 0 Å². The van der Waals surface area contributed by atoms with Crippen LogP contribution in [0.3, 0.4) is 0 Å². The Morgan fingerprint density at radius 1 is 0.700 bits per heavy atom. The van der Waals surface area contributed by atoms with Gasteiger partial charge in [0.2, 0.25) is 0 Å². The van der Waals surface area contributed by atoms with Crippen molar-refractivity contribution in [2.45, 2.75) is 0 Å². The first kappa shape index (κ1) is 40.1. The SMILES string of the molecule is O=C([O-])c1cc(N=Nc2c[c-]c[c-]c2)cc(C(=O)[O-])c1.O=C=O.O=C=O.[Na+].[Na+].[Na+].[Na+]. The minimum Gasteiger partial charge on any atom is -0.545 e. The molecule has 0 N–H and O–H groups in total. The average Bonchev–Trinajstić information content (AvgIpc) is 2.62. The summed E-state index contributed by atoms with van der Waals surface area (Å²) in [5.41, 5.74) is -0.116. The van der Waals surface area contributed by atoms with Gasteiger partial charge in [0.05, 0.1) is 17.6 Å². The van der Waals surface area contributed by atoms with Gasteiger partial charge in [-0.3, -0.25) is 17.2 Å². The first-order chi connectivity index (χ1) is 12.4. The van der Waals surface area contributed by atoms with E-state index in [0.29, 0.717) is 5.69 Å². The molecule has 132 valence electrons. The second-order valence-electron chi connectivity index (χ2n) is 3.90. The number of benzene rings is 2. The number of hydrogen-bond acceptors (Lipinski definition) is 10. The molecule has 0 saturated heterocycles. The number of carbonyl (C=O) groups excluding carboxylic acids is 6. The molecule has 2 rings (SSSR count). The molecule has 0 aliphatic carbocycles. The predicted molar refractivity (Wildman–Crippen MR) is 73.4 cm³/mol. The van der Waals surface area contributed by atoms with Gasteiger partial charge < -0.3 is 38.0 Å². The first-order valence-electron chi connectivity index (χ1n) is 6.24. The summed E-state index contributed by atoms with van der Waals surface area (Å²) in [6, 6.07) is 13.4. The van der Waals surface area contributed by atoms with E-state index in [-0.39, 0.29) is 147 Å². The van der Waals surface area contributed by atoms with Crippen molar-refractivity contribution in [1.82, 2.24) is 0 Å². The van der Waals surface area contributed by atoms with E-state index in [4.69, 9.17) is 19.2 Å². The predicted octanol–water partition coefficient (Wildman–Crippen LogP) is -12.7. The fourth-order valence-electron chi connectivity index (χ4n) is 1.42. The van der Waals surface area contributed by atoms with E-state index in [0.717, 1.165) is 18.2 Å². The fraction of sp³-hybridized carbons (Fsp3) is 0. The van der Waals surface area contributed by atoms with Crippen LogP contribution < -0.4 is 128 Å². The molecule has 0 aliphatic heterocycles. The molecule has 0 bridgehead atoms. The van der Waals surface area contributed by atoms with Gasteiger partial charge in [0, 0.05) is 11.1 Å². The molecular formula is C16H6N2Na4O8. The van der Waals surface area contributed by atoms with Crippen LogP contribution in [0.1, 0.15) is 20.7 Å². The molecule has 10 nitrogen and oxygen atoms in total. The van der Waals surface area contributed by atoms with Crippen LogP contribution in [0.15, 0.2) is 46.6 Å². The van der Waals surface area contributed by atoms with Crippen LogP contribution in [0.2, 0.25) is 0 Å². The van der Waals surface area contributed by atoms with Crippen molar-refractivity contribution >= 4 is 35.6 Å². The molecule has 0 aromatic heterocycles. The van der Waals surface area contributed by atoms with Crippen LogP contribution in [-0.4, -0.2) is 24.2 Å². The maximum absolute atomic E-state index is 10.8. The summed E-state index contributed by atoms with van der Waals surface area (Å²) >= 11 is 0. The zero-order chi connectivity index (χ0) is 19.9. The smallest absolute Gasteiger partial charge is 0.545 e.